The number of sulfonamides is 1. The number of carbonyl (C=O) groups excluding carboxylic acids is 1. The molecule has 1 aliphatic heterocycles. The lowest BCUT2D eigenvalue weighted by molar-refractivity contribution is -0.115. The van der Waals surface area contributed by atoms with E-state index in [0.29, 0.717) is 24.5 Å². The van der Waals surface area contributed by atoms with Crippen LogP contribution in [0.2, 0.25) is 0 Å². The summed E-state index contributed by atoms with van der Waals surface area (Å²) in [7, 11) is -3.67. The number of benzene rings is 2. The fourth-order valence-electron chi connectivity index (χ4n) is 2.88. The Kier molecular flexibility index (Phi) is 6.85. The Morgan fingerprint density at radius 3 is 2.43 bits per heavy atom. The number of anilines is 1. The summed E-state index contributed by atoms with van der Waals surface area (Å²) < 4.78 is 28.6. The highest BCUT2D eigenvalue weighted by molar-refractivity contribution is 9.10. The first kappa shape index (κ1) is 20.5. The number of hydrogen-bond acceptors (Lipinski definition) is 4. The molecule has 28 heavy (non-hydrogen) atoms. The first-order valence-corrected chi connectivity index (χ1v) is 11.4. The maximum Gasteiger partial charge on any atom is 0.262 e. The smallest absolute Gasteiger partial charge is 0.262 e. The molecule has 0 spiro atoms. The lowest BCUT2D eigenvalue weighted by Gasteiger charge is -2.11. The Morgan fingerprint density at radius 2 is 1.71 bits per heavy atom. The van der Waals surface area contributed by atoms with E-state index >= 15 is 0 Å². The summed E-state index contributed by atoms with van der Waals surface area (Å²) in [4.78, 5) is 16.6. The van der Waals surface area contributed by atoms with Crippen LogP contribution < -0.4 is 10.0 Å². The second-order valence-electron chi connectivity index (χ2n) is 6.62. The molecule has 0 bridgehead atoms. The van der Waals surface area contributed by atoms with Crippen molar-refractivity contribution in [2.45, 2.75) is 37.0 Å². The van der Waals surface area contributed by atoms with E-state index in [9.17, 15) is 13.2 Å². The standard InChI is InChI=1S/C20H22BrN3O3S/c21-16-7-5-15(6-8-16)14-20(25)23-17-9-11-18(12-10-17)28(26,27)24-19-4-2-1-3-13-22-19/h5-12H,1-4,13-14H2,(H,22,24)(H,23,25). The van der Waals surface area contributed by atoms with E-state index < -0.39 is 10.0 Å². The van der Waals surface area contributed by atoms with Gasteiger partial charge in [0.25, 0.3) is 10.0 Å². The molecule has 0 aromatic heterocycles. The molecule has 0 atom stereocenters. The molecule has 3 rings (SSSR count). The average molecular weight is 464 g/mol. The normalized spacial score (nSPS) is 14.7. The first-order chi connectivity index (χ1) is 13.4. The minimum Gasteiger partial charge on any atom is -0.326 e. The number of aliphatic imine (C=N–C) groups is 1. The zero-order valence-corrected chi connectivity index (χ0v) is 17.7. The van der Waals surface area contributed by atoms with Crippen LogP contribution in [0.5, 0.6) is 0 Å². The third-order valence-electron chi connectivity index (χ3n) is 4.35. The third-order valence-corrected chi connectivity index (χ3v) is 6.28. The summed E-state index contributed by atoms with van der Waals surface area (Å²) in [5.41, 5.74) is 1.45. The molecule has 0 radical (unpaired) electrons. The number of nitrogens with one attached hydrogen (secondary N) is 2. The number of rotatable bonds is 5. The van der Waals surface area contributed by atoms with E-state index in [1.165, 1.54) is 12.1 Å². The van der Waals surface area contributed by atoms with Gasteiger partial charge in [-0.05, 0) is 54.8 Å². The van der Waals surface area contributed by atoms with Crippen LogP contribution in [0.1, 0.15) is 31.2 Å². The second-order valence-corrected chi connectivity index (χ2v) is 9.22. The molecule has 1 aliphatic rings. The van der Waals surface area contributed by atoms with Gasteiger partial charge >= 0.3 is 0 Å². The molecule has 0 saturated heterocycles. The van der Waals surface area contributed by atoms with Gasteiger partial charge in [-0.25, -0.2) is 8.42 Å². The third kappa shape index (κ3) is 5.90. The number of amides is 1. The van der Waals surface area contributed by atoms with E-state index in [0.717, 1.165) is 29.3 Å². The number of nitrogens with zero attached hydrogens (tertiary/aromatic N) is 1. The van der Waals surface area contributed by atoms with Crippen LogP contribution in [0.4, 0.5) is 5.69 Å². The van der Waals surface area contributed by atoms with Gasteiger partial charge in [-0.1, -0.05) is 34.5 Å². The van der Waals surface area contributed by atoms with Gasteiger partial charge < -0.3 is 5.32 Å². The van der Waals surface area contributed by atoms with Crippen molar-refractivity contribution >= 4 is 43.4 Å². The van der Waals surface area contributed by atoms with Crippen molar-refractivity contribution in [2.75, 3.05) is 11.9 Å². The quantitative estimate of drug-likeness (QED) is 0.704. The van der Waals surface area contributed by atoms with Crippen molar-refractivity contribution in [1.29, 1.82) is 0 Å². The minimum absolute atomic E-state index is 0.144. The molecular weight excluding hydrogens is 442 g/mol. The van der Waals surface area contributed by atoms with E-state index in [1.807, 2.05) is 24.3 Å². The van der Waals surface area contributed by atoms with Crippen molar-refractivity contribution in [1.82, 2.24) is 4.72 Å². The fraction of sp³-hybridized carbons (Fsp3) is 0.300. The number of hydrogen-bond donors (Lipinski definition) is 2. The lowest BCUT2D eigenvalue weighted by Crippen LogP contribution is -2.30. The van der Waals surface area contributed by atoms with Crippen LogP contribution in [-0.4, -0.2) is 26.7 Å². The monoisotopic (exact) mass is 463 g/mol. The predicted molar refractivity (Wildman–Crippen MR) is 114 cm³/mol. The fourth-order valence-corrected chi connectivity index (χ4v) is 4.24. The molecule has 0 unspecified atom stereocenters. The molecule has 0 fully saturated rings. The second kappa shape index (κ2) is 9.34. The maximum atomic E-state index is 12.5. The first-order valence-electron chi connectivity index (χ1n) is 9.13. The number of halogens is 1. The Balaban J connectivity index is 1.61. The molecule has 1 amide bonds. The molecule has 2 aromatic rings. The Morgan fingerprint density at radius 1 is 1.00 bits per heavy atom. The molecular formula is C20H22BrN3O3S. The van der Waals surface area contributed by atoms with E-state index in [1.54, 1.807) is 12.1 Å². The van der Waals surface area contributed by atoms with E-state index in [-0.39, 0.29) is 17.2 Å². The summed E-state index contributed by atoms with van der Waals surface area (Å²) >= 11 is 3.36. The van der Waals surface area contributed by atoms with Crippen LogP contribution in [-0.2, 0) is 21.2 Å². The van der Waals surface area contributed by atoms with Gasteiger partial charge in [-0.3, -0.25) is 14.5 Å². The van der Waals surface area contributed by atoms with Gasteiger partial charge in [0.2, 0.25) is 5.91 Å². The largest absolute Gasteiger partial charge is 0.326 e. The molecule has 1 heterocycles. The summed E-state index contributed by atoms with van der Waals surface area (Å²) in [6.45, 7) is 0.654. The Labute approximate surface area is 173 Å². The van der Waals surface area contributed by atoms with Crippen LogP contribution >= 0.6 is 15.9 Å². The summed E-state index contributed by atoms with van der Waals surface area (Å²) in [5.74, 6) is 0.355. The van der Waals surface area contributed by atoms with Crippen LogP contribution in [0, 0.1) is 0 Å². The van der Waals surface area contributed by atoms with Crippen LogP contribution in [0.25, 0.3) is 0 Å². The van der Waals surface area contributed by atoms with E-state index in [2.05, 4.69) is 31.0 Å². The average Bonchev–Trinajstić information content (AvgIpc) is 2.92. The molecule has 8 heteroatoms. The predicted octanol–water partition coefficient (Wildman–Crippen LogP) is 3.88. The van der Waals surface area contributed by atoms with Crippen molar-refractivity contribution in [3.05, 3.63) is 58.6 Å². The Bertz CT molecular complexity index is 955. The van der Waals surface area contributed by atoms with Gasteiger partial charge in [0.05, 0.1) is 11.3 Å². The van der Waals surface area contributed by atoms with Gasteiger partial charge in [-0.15, -0.1) is 0 Å². The van der Waals surface area contributed by atoms with Crippen molar-refractivity contribution < 1.29 is 13.2 Å². The van der Waals surface area contributed by atoms with Crippen LogP contribution in [0.3, 0.4) is 0 Å². The minimum atomic E-state index is -3.67. The topological polar surface area (TPSA) is 87.6 Å². The van der Waals surface area contributed by atoms with Crippen LogP contribution in [0.15, 0.2) is 62.9 Å². The number of carbonyl (C=O) groups is 1. The molecule has 6 nitrogen and oxygen atoms in total. The molecule has 0 saturated carbocycles. The van der Waals surface area contributed by atoms with Gasteiger partial charge in [0.1, 0.15) is 5.84 Å². The van der Waals surface area contributed by atoms with Gasteiger partial charge in [-0.2, -0.15) is 0 Å². The highest BCUT2D eigenvalue weighted by Crippen LogP contribution is 2.16. The molecule has 148 valence electrons. The van der Waals surface area contributed by atoms with E-state index in [4.69, 9.17) is 0 Å². The van der Waals surface area contributed by atoms with Crippen molar-refractivity contribution in [2.24, 2.45) is 4.99 Å². The maximum absolute atomic E-state index is 12.5. The highest BCUT2D eigenvalue weighted by atomic mass is 79.9. The SMILES string of the molecule is O=C(Cc1ccc(Br)cc1)Nc1ccc(S(=O)(=O)NC2=NCCCCC2)cc1. The number of amidine groups is 1. The molecule has 2 aromatic carbocycles. The summed E-state index contributed by atoms with van der Waals surface area (Å²) in [5, 5.41) is 2.78. The summed E-state index contributed by atoms with van der Waals surface area (Å²) in [6.07, 6.45) is 3.87. The van der Waals surface area contributed by atoms with Crippen molar-refractivity contribution in [3.8, 4) is 0 Å². The molecule has 2 N–H and O–H groups in total. The zero-order chi connectivity index (χ0) is 20.0. The van der Waals surface area contributed by atoms with Crippen molar-refractivity contribution in [3.63, 3.8) is 0 Å². The highest BCUT2D eigenvalue weighted by Gasteiger charge is 2.17. The van der Waals surface area contributed by atoms with Gasteiger partial charge in [0, 0.05) is 23.1 Å². The zero-order valence-electron chi connectivity index (χ0n) is 15.3. The molecule has 0 aliphatic carbocycles. The summed E-state index contributed by atoms with van der Waals surface area (Å²) in [6, 6.07) is 13.7. The van der Waals surface area contributed by atoms with Gasteiger partial charge in [0.15, 0.2) is 0 Å². The lowest BCUT2D eigenvalue weighted by atomic mass is 10.1. The Hall–Kier alpha value is -2.19.